The molecule has 1 fully saturated rings. The maximum atomic E-state index is 13.9. The highest BCUT2D eigenvalue weighted by Gasteiger charge is 2.32. The van der Waals surface area contributed by atoms with Crippen LogP contribution in [0.15, 0.2) is 18.2 Å². The molecule has 1 unspecified atom stereocenters. The number of hydrogen-bond acceptors (Lipinski definition) is 3. The van der Waals surface area contributed by atoms with Gasteiger partial charge in [0.25, 0.3) is 10.2 Å². The van der Waals surface area contributed by atoms with Crippen molar-refractivity contribution in [3.63, 3.8) is 0 Å². The highest BCUT2D eigenvalue weighted by atomic mass is 35.5. The van der Waals surface area contributed by atoms with Gasteiger partial charge >= 0.3 is 0 Å². The predicted octanol–water partition coefficient (Wildman–Crippen LogP) is 2.64. The third-order valence-electron chi connectivity index (χ3n) is 4.22. The summed E-state index contributed by atoms with van der Waals surface area (Å²) in [6, 6.07) is 4.33. The fourth-order valence-corrected chi connectivity index (χ4v) is 4.56. The highest BCUT2D eigenvalue weighted by Crippen LogP contribution is 2.25. The van der Waals surface area contributed by atoms with E-state index < -0.39 is 16.0 Å². The molecule has 0 radical (unpaired) electrons. The molecule has 138 valence electrons. The van der Waals surface area contributed by atoms with E-state index in [0.717, 1.165) is 23.6 Å². The molecule has 1 aliphatic rings. The van der Waals surface area contributed by atoms with Crippen molar-refractivity contribution >= 4 is 34.2 Å². The second-order valence-electron chi connectivity index (χ2n) is 5.91. The van der Waals surface area contributed by atoms with Crippen molar-refractivity contribution in [2.75, 3.05) is 26.7 Å². The van der Waals surface area contributed by atoms with E-state index in [1.807, 2.05) is 0 Å². The lowest BCUT2D eigenvalue weighted by Crippen LogP contribution is -2.46. The van der Waals surface area contributed by atoms with Gasteiger partial charge in [0.15, 0.2) is 0 Å². The molecule has 1 atom stereocenters. The summed E-state index contributed by atoms with van der Waals surface area (Å²) in [6.07, 6.45) is 2.62. The van der Waals surface area contributed by atoms with Gasteiger partial charge in [-0.1, -0.05) is 17.7 Å². The molecule has 24 heavy (non-hydrogen) atoms. The van der Waals surface area contributed by atoms with Gasteiger partial charge in [0.05, 0.1) is 0 Å². The molecule has 1 heterocycles. The zero-order valence-corrected chi connectivity index (χ0v) is 16.0. The van der Waals surface area contributed by atoms with Crippen molar-refractivity contribution in [2.45, 2.75) is 25.8 Å². The summed E-state index contributed by atoms with van der Waals surface area (Å²) in [5, 5.41) is 0.228. The second kappa shape index (κ2) is 9.31. The van der Waals surface area contributed by atoms with Crippen molar-refractivity contribution in [3.05, 3.63) is 34.6 Å². The average Bonchev–Trinajstić information content (AvgIpc) is 2.51. The number of nitrogens with zero attached hydrogens (tertiary/aromatic N) is 2. The van der Waals surface area contributed by atoms with Crippen LogP contribution < -0.4 is 5.73 Å². The molecule has 0 aliphatic carbocycles. The number of rotatable bonds is 6. The molecular weight excluding hydrogens is 376 g/mol. The van der Waals surface area contributed by atoms with Crippen LogP contribution in [-0.4, -0.2) is 43.7 Å². The third kappa shape index (κ3) is 5.03. The summed E-state index contributed by atoms with van der Waals surface area (Å²) in [7, 11) is -2.20. The van der Waals surface area contributed by atoms with E-state index in [0.29, 0.717) is 19.6 Å². The van der Waals surface area contributed by atoms with E-state index in [9.17, 15) is 12.8 Å². The molecule has 2 N–H and O–H groups in total. The lowest BCUT2D eigenvalue weighted by molar-refractivity contribution is 0.243. The summed E-state index contributed by atoms with van der Waals surface area (Å²) in [5.41, 5.74) is 5.76. The molecule has 0 amide bonds. The monoisotopic (exact) mass is 399 g/mol. The van der Waals surface area contributed by atoms with Crippen LogP contribution >= 0.6 is 24.0 Å². The molecule has 1 saturated heterocycles. The second-order valence-corrected chi connectivity index (χ2v) is 8.35. The molecule has 1 aromatic rings. The Balaban J connectivity index is 0.00000288. The summed E-state index contributed by atoms with van der Waals surface area (Å²) in [6.45, 7) is 1.42. The van der Waals surface area contributed by atoms with E-state index in [1.54, 1.807) is 6.07 Å². The molecule has 2 rings (SSSR count). The van der Waals surface area contributed by atoms with E-state index in [1.165, 1.54) is 23.5 Å². The van der Waals surface area contributed by atoms with Gasteiger partial charge in [0.2, 0.25) is 0 Å². The summed E-state index contributed by atoms with van der Waals surface area (Å²) < 4.78 is 41.9. The molecule has 0 saturated carbocycles. The highest BCUT2D eigenvalue weighted by molar-refractivity contribution is 7.86. The van der Waals surface area contributed by atoms with E-state index in [2.05, 4.69) is 0 Å². The average molecular weight is 400 g/mol. The Kier molecular flexibility index (Phi) is 8.38. The number of halogens is 3. The Bertz CT molecular complexity index is 623. The first-order valence-electron chi connectivity index (χ1n) is 7.70. The van der Waals surface area contributed by atoms with E-state index in [-0.39, 0.29) is 35.5 Å². The topological polar surface area (TPSA) is 66.6 Å². The van der Waals surface area contributed by atoms with Crippen molar-refractivity contribution in [1.29, 1.82) is 0 Å². The maximum absolute atomic E-state index is 13.9. The van der Waals surface area contributed by atoms with Gasteiger partial charge in [-0.2, -0.15) is 17.0 Å². The zero-order chi connectivity index (χ0) is 17.0. The van der Waals surface area contributed by atoms with Crippen LogP contribution in [0.3, 0.4) is 0 Å². The summed E-state index contributed by atoms with van der Waals surface area (Å²) in [4.78, 5) is 0. The zero-order valence-electron chi connectivity index (χ0n) is 13.6. The number of benzene rings is 1. The standard InChI is InChI=1S/C15H23ClFN3O2S.ClH/c1-19(11-13-14(16)5-2-6-15(13)17)23(21,22)20-9-3-4-12(10-20)7-8-18;/h2,5-6,12H,3-4,7-11,18H2,1H3;1H. The lowest BCUT2D eigenvalue weighted by atomic mass is 9.96. The largest absolute Gasteiger partial charge is 0.330 e. The number of nitrogens with two attached hydrogens (primary N) is 1. The van der Waals surface area contributed by atoms with Crippen molar-refractivity contribution in [2.24, 2.45) is 11.7 Å². The fourth-order valence-electron chi connectivity index (χ4n) is 2.89. The molecule has 1 aromatic carbocycles. The molecule has 0 aromatic heterocycles. The van der Waals surface area contributed by atoms with Gasteiger partial charge in [0.1, 0.15) is 5.82 Å². The molecule has 1 aliphatic heterocycles. The smallest absolute Gasteiger partial charge is 0.282 e. The SMILES string of the molecule is CN(Cc1c(F)cccc1Cl)S(=O)(=O)N1CCCC(CCN)C1.Cl. The van der Waals surface area contributed by atoms with Crippen LogP contribution in [0.25, 0.3) is 0 Å². The normalized spacial score (nSPS) is 19.3. The quantitative estimate of drug-likeness (QED) is 0.799. The summed E-state index contributed by atoms with van der Waals surface area (Å²) in [5.74, 6) is -0.215. The Morgan fingerprint density at radius 1 is 1.46 bits per heavy atom. The van der Waals surface area contributed by atoms with Crippen LogP contribution in [0.4, 0.5) is 4.39 Å². The molecule has 9 heteroatoms. The van der Waals surface area contributed by atoms with Crippen LogP contribution in [0.5, 0.6) is 0 Å². The summed E-state index contributed by atoms with van der Waals surface area (Å²) >= 11 is 5.98. The van der Waals surface area contributed by atoms with Crippen LogP contribution in [-0.2, 0) is 16.8 Å². The van der Waals surface area contributed by atoms with Crippen LogP contribution in [0.2, 0.25) is 5.02 Å². The van der Waals surface area contributed by atoms with Gasteiger partial charge in [-0.25, -0.2) is 4.39 Å². The van der Waals surface area contributed by atoms with Gasteiger partial charge in [-0.15, -0.1) is 12.4 Å². The van der Waals surface area contributed by atoms with Crippen molar-refractivity contribution < 1.29 is 12.8 Å². The number of piperidine rings is 1. The minimum Gasteiger partial charge on any atom is -0.330 e. The molecule has 0 bridgehead atoms. The minimum absolute atomic E-state index is 0. The Labute approximate surface area is 154 Å². The third-order valence-corrected chi connectivity index (χ3v) is 6.47. The fraction of sp³-hybridized carbons (Fsp3) is 0.600. The molecule has 5 nitrogen and oxygen atoms in total. The lowest BCUT2D eigenvalue weighted by Gasteiger charge is -2.34. The first-order chi connectivity index (χ1) is 10.9. The maximum Gasteiger partial charge on any atom is 0.282 e. The van der Waals surface area contributed by atoms with Crippen molar-refractivity contribution in [1.82, 2.24) is 8.61 Å². The van der Waals surface area contributed by atoms with Gasteiger partial charge < -0.3 is 5.73 Å². The molecular formula is C15H24Cl2FN3O2S. The predicted molar refractivity (Wildman–Crippen MR) is 97.0 cm³/mol. The Morgan fingerprint density at radius 3 is 2.79 bits per heavy atom. The first kappa shape index (κ1) is 21.6. The minimum atomic E-state index is -3.64. The Hall–Kier alpha value is -0.440. The van der Waals surface area contributed by atoms with E-state index in [4.69, 9.17) is 17.3 Å². The van der Waals surface area contributed by atoms with Gasteiger partial charge in [-0.3, -0.25) is 0 Å². The van der Waals surface area contributed by atoms with Crippen molar-refractivity contribution in [3.8, 4) is 0 Å². The van der Waals surface area contributed by atoms with Gasteiger partial charge in [0, 0.05) is 37.3 Å². The van der Waals surface area contributed by atoms with Crippen LogP contribution in [0.1, 0.15) is 24.8 Å². The first-order valence-corrected chi connectivity index (χ1v) is 9.48. The number of hydrogen-bond donors (Lipinski definition) is 1. The molecule has 0 spiro atoms. The van der Waals surface area contributed by atoms with Crippen LogP contribution in [0, 0.1) is 11.7 Å². The van der Waals surface area contributed by atoms with Gasteiger partial charge in [-0.05, 0) is 43.9 Å². The van der Waals surface area contributed by atoms with E-state index >= 15 is 0 Å². The Morgan fingerprint density at radius 2 is 2.17 bits per heavy atom.